The molecule has 0 radical (unpaired) electrons. The van der Waals surface area contributed by atoms with Gasteiger partial charge in [0.1, 0.15) is 0 Å². The number of nitrogens with one attached hydrogen (secondary N) is 1. The Bertz CT molecular complexity index is 959. The number of halogens is 1. The van der Waals surface area contributed by atoms with Crippen LogP contribution >= 0.6 is 11.6 Å². The largest absolute Gasteiger partial charge is 0.450 e. The number of carbonyl (C=O) groups is 3. The number of rotatable bonds is 4. The Morgan fingerprint density at radius 1 is 1.27 bits per heavy atom. The van der Waals surface area contributed by atoms with Crippen molar-refractivity contribution in [1.82, 2.24) is 10.2 Å². The third kappa shape index (κ3) is 4.54. The van der Waals surface area contributed by atoms with E-state index >= 15 is 0 Å². The molecule has 2 fully saturated rings. The van der Waals surface area contributed by atoms with Gasteiger partial charge in [0.15, 0.2) is 0 Å². The standard InChI is InChI=1S/C19H24ClN3O6S/c1-3-29-19(26)22-8-6-13(7-9-22)21-17(24)15-5-4-14(10-16(15)20)23-18(25)12(2)11-30(23,27)28/h4-5,10,12-13H,3,6-9,11H2,1-2H3,(H,21,24). The predicted molar refractivity (Wildman–Crippen MR) is 111 cm³/mol. The van der Waals surface area contributed by atoms with Gasteiger partial charge in [-0.2, -0.15) is 0 Å². The van der Waals surface area contributed by atoms with Gasteiger partial charge in [0.2, 0.25) is 15.9 Å². The molecule has 0 saturated carbocycles. The summed E-state index contributed by atoms with van der Waals surface area (Å²) in [7, 11) is -3.75. The number of benzene rings is 1. The molecule has 0 spiro atoms. The fraction of sp³-hybridized carbons (Fsp3) is 0.526. The van der Waals surface area contributed by atoms with Gasteiger partial charge in [0.05, 0.1) is 34.6 Å². The minimum Gasteiger partial charge on any atom is -0.450 e. The number of piperidine rings is 1. The van der Waals surface area contributed by atoms with Gasteiger partial charge < -0.3 is 15.0 Å². The molecular weight excluding hydrogens is 434 g/mol. The lowest BCUT2D eigenvalue weighted by Gasteiger charge is -2.31. The lowest BCUT2D eigenvalue weighted by atomic mass is 10.0. The molecule has 30 heavy (non-hydrogen) atoms. The molecule has 0 aromatic heterocycles. The van der Waals surface area contributed by atoms with Crippen LogP contribution in [0.5, 0.6) is 0 Å². The summed E-state index contributed by atoms with van der Waals surface area (Å²) >= 11 is 6.23. The molecule has 2 aliphatic heterocycles. The SMILES string of the molecule is CCOC(=O)N1CCC(NC(=O)c2ccc(N3C(=O)C(C)CS3(=O)=O)cc2Cl)CC1. The molecule has 1 atom stereocenters. The first-order chi connectivity index (χ1) is 14.1. The number of ether oxygens (including phenoxy) is 1. The molecule has 2 heterocycles. The average Bonchev–Trinajstić information content (AvgIpc) is 2.89. The second-order valence-electron chi connectivity index (χ2n) is 7.38. The van der Waals surface area contributed by atoms with Crippen molar-refractivity contribution >= 4 is 45.2 Å². The van der Waals surface area contributed by atoms with Crippen molar-refractivity contribution in [1.29, 1.82) is 0 Å². The summed E-state index contributed by atoms with van der Waals surface area (Å²) in [5.41, 5.74) is 0.305. The molecule has 1 aromatic carbocycles. The Labute approximate surface area is 180 Å². The van der Waals surface area contributed by atoms with E-state index in [1.165, 1.54) is 18.2 Å². The van der Waals surface area contributed by atoms with E-state index in [1.54, 1.807) is 18.7 Å². The van der Waals surface area contributed by atoms with E-state index in [9.17, 15) is 22.8 Å². The van der Waals surface area contributed by atoms with Crippen molar-refractivity contribution in [2.45, 2.75) is 32.7 Å². The van der Waals surface area contributed by atoms with Crippen LogP contribution in [0.15, 0.2) is 18.2 Å². The molecule has 9 nitrogen and oxygen atoms in total. The van der Waals surface area contributed by atoms with Crippen molar-refractivity contribution < 1.29 is 27.5 Å². The number of nitrogens with zero attached hydrogens (tertiary/aromatic N) is 2. The molecule has 0 bridgehead atoms. The summed E-state index contributed by atoms with van der Waals surface area (Å²) in [5.74, 6) is -1.80. The lowest BCUT2D eigenvalue weighted by molar-refractivity contribution is -0.119. The van der Waals surface area contributed by atoms with Crippen LogP contribution in [0.1, 0.15) is 37.0 Å². The van der Waals surface area contributed by atoms with Crippen molar-refractivity contribution in [2.24, 2.45) is 5.92 Å². The maximum absolute atomic E-state index is 12.6. The van der Waals surface area contributed by atoms with Crippen LogP contribution in [-0.2, 0) is 19.6 Å². The fourth-order valence-electron chi connectivity index (χ4n) is 3.59. The van der Waals surface area contributed by atoms with E-state index in [2.05, 4.69) is 5.32 Å². The van der Waals surface area contributed by atoms with Crippen LogP contribution in [0.25, 0.3) is 0 Å². The van der Waals surface area contributed by atoms with E-state index in [-0.39, 0.29) is 34.2 Å². The van der Waals surface area contributed by atoms with E-state index < -0.39 is 27.8 Å². The first-order valence-corrected chi connectivity index (χ1v) is 11.7. The van der Waals surface area contributed by atoms with Gasteiger partial charge in [-0.15, -0.1) is 0 Å². The summed E-state index contributed by atoms with van der Waals surface area (Å²) in [6.45, 7) is 4.56. The van der Waals surface area contributed by atoms with E-state index in [1.807, 2.05) is 0 Å². The molecular formula is C19H24ClN3O6S. The molecule has 3 amide bonds. The van der Waals surface area contributed by atoms with Crippen LogP contribution in [-0.4, -0.2) is 62.7 Å². The van der Waals surface area contributed by atoms with Crippen LogP contribution in [0.2, 0.25) is 5.02 Å². The topological polar surface area (TPSA) is 113 Å². The zero-order chi connectivity index (χ0) is 22.1. The summed E-state index contributed by atoms with van der Waals surface area (Å²) < 4.78 is 30.2. The Morgan fingerprint density at radius 2 is 1.93 bits per heavy atom. The normalized spacial score (nSPS) is 21.6. The minimum atomic E-state index is -3.75. The van der Waals surface area contributed by atoms with Crippen LogP contribution in [0, 0.1) is 5.92 Å². The smallest absolute Gasteiger partial charge is 0.409 e. The summed E-state index contributed by atoms with van der Waals surface area (Å²) in [6.07, 6.45) is 0.804. The maximum Gasteiger partial charge on any atom is 0.409 e. The summed E-state index contributed by atoms with van der Waals surface area (Å²) in [6, 6.07) is 4.00. The zero-order valence-corrected chi connectivity index (χ0v) is 18.3. The second kappa shape index (κ2) is 8.81. The summed E-state index contributed by atoms with van der Waals surface area (Å²) in [4.78, 5) is 38.2. The quantitative estimate of drug-likeness (QED) is 0.739. The number of hydrogen-bond acceptors (Lipinski definition) is 6. The molecule has 2 aliphatic rings. The number of likely N-dealkylation sites (tertiary alicyclic amines) is 1. The van der Waals surface area contributed by atoms with Crippen LogP contribution in [0.4, 0.5) is 10.5 Å². The van der Waals surface area contributed by atoms with Gasteiger partial charge in [-0.3, -0.25) is 9.59 Å². The van der Waals surface area contributed by atoms with Gasteiger partial charge in [-0.25, -0.2) is 17.5 Å². The third-order valence-corrected chi connectivity index (χ3v) is 7.33. The second-order valence-corrected chi connectivity index (χ2v) is 9.65. The molecule has 1 N–H and O–H groups in total. The number of hydrogen-bond donors (Lipinski definition) is 1. The highest BCUT2D eigenvalue weighted by Crippen LogP contribution is 2.31. The predicted octanol–water partition coefficient (Wildman–Crippen LogP) is 2.00. The third-order valence-electron chi connectivity index (χ3n) is 5.15. The maximum atomic E-state index is 12.6. The molecule has 164 valence electrons. The monoisotopic (exact) mass is 457 g/mol. The Morgan fingerprint density at radius 3 is 2.47 bits per heavy atom. The van der Waals surface area contributed by atoms with Gasteiger partial charge in [-0.05, 0) is 38.0 Å². The molecule has 2 saturated heterocycles. The lowest BCUT2D eigenvalue weighted by Crippen LogP contribution is -2.46. The Hall–Kier alpha value is -2.33. The van der Waals surface area contributed by atoms with Crippen LogP contribution < -0.4 is 9.62 Å². The van der Waals surface area contributed by atoms with Crippen molar-refractivity contribution in [3.05, 3.63) is 28.8 Å². The minimum absolute atomic E-state index is 0.0523. The zero-order valence-electron chi connectivity index (χ0n) is 16.8. The molecule has 1 unspecified atom stereocenters. The average molecular weight is 458 g/mol. The van der Waals surface area contributed by atoms with Gasteiger partial charge in [-0.1, -0.05) is 18.5 Å². The highest BCUT2D eigenvalue weighted by Gasteiger charge is 2.42. The van der Waals surface area contributed by atoms with E-state index in [0.29, 0.717) is 32.5 Å². The van der Waals surface area contributed by atoms with Gasteiger partial charge >= 0.3 is 6.09 Å². The highest BCUT2D eigenvalue weighted by molar-refractivity contribution is 7.94. The first-order valence-electron chi connectivity index (χ1n) is 9.73. The highest BCUT2D eigenvalue weighted by atomic mass is 35.5. The number of carbonyl (C=O) groups excluding carboxylic acids is 3. The Kier molecular flexibility index (Phi) is 6.56. The van der Waals surface area contributed by atoms with E-state index in [0.717, 1.165) is 4.31 Å². The Balaban J connectivity index is 1.65. The van der Waals surface area contributed by atoms with Crippen molar-refractivity contribution in [3.63, 3.8) is 0 Å². The first kappa shape index (κ1) is 22.4. The number of anilines is 1. The molecule has 1 aromatic rings. The summed E-state index contributed by atoms with van der Waals surface area (Å²) in [5, 5.41) is 2.94. The van der Waals surface area contributed by atoms with Crippen LogP contribution in [0.3, 0.4) is 0 Å². The number of amides is 3. The van der Waals surface area contributed by atoms with Crippen molar-refractivity contribution in [2.75, 3.05) is 29.8 Å². The van der Waals surface area contributed by atoms with Gasteiger partial charge in [0, 0.05) is 19.1 Å². The molecule has 11 heteroatoms. The van der Waals surface area contributed by atoms with Gasteiger partial charge in [0.25, 0.3) is 5.91 Å². The van der Waals surface area contributed by atoms with E-state index in [4.69, 9.17) is 16.3 Å². The molecule has 3 rings (SSSR count). The molecule has 0 aliphatic carbocycles. The fourth-order valence-corrected chi connectivity index (χ4v) is 5.66. The number of sulfonamides is 1. The van der Waals surface area contributed by atoms with Crippen molar-refractivity contribution in [3.8, 4) is 0 Å².